The number of piperidine rings is 1. The molecule has 1 N–H and O–H groups in total. The highest BCUT2D eigenvalue weighted by atomic mass is 16.6. The van der Waals surface area contributed by atoms with Gasteiger partial charge in [-0.3, -0.25) is 9.59 Å². The van der Waals surface area contributed by atoms with Crippen LogP contribution in [0.4, 0.5) is 4.79 Å². The van der Waals surface area contributed by atoms with Crippen molar-refractivity contribution in [2.75, 3.05) is 20.1 Å². The number of fused-ring (bicyclic) bond motifs is 2. The number of nitrogens with one attached hydrogen (secondary N) is 1. The second-order valence-corrected chi connectivity index (χ2v) is 10.7. The number of carbonyl (C=O) groups excluding carboxylic acids is 2. The van der Waals surface area contributed by atoms with E-state index in [1.807, 2.05) is 58.2 Å². The number of ether oxygens (including phenoxy) is 1. The van der Waals surface area contributed by atoms with Gasteiger partial charge in [0.05, 0.1) is 23.1 Å². The number of pyridine rings is 1. The van der Waals surface area contributed by atoms with Crippen LogP contribution in [-0.4, -0.2) is 61.8 Å². The number of likely N-dealkylation sites (tertiary alicyclic amines) is 1. The maximum atomic E-state index is 13.4. The van der Waals surface area contributed by atoms with E-state index in [1.54, 1.807) is 33.3 Å². The molecular weight excluding hydrogens is 484 g/mol. The Morgan fingerprint density at radius 2 is 1.84 bits per heavy atom. The minimum atomic E-state index is -0.537. The molecule has 0 aliphatic carbocycles. The van der Waals surface area contributed by atoms with Crippen molar-refractivity contribution in [3.05, 3.63) is 64.3 Å². The summed E-state index contributed by atoms with van der Waals surface area (Å²) in [5, 5.41) is 8.72. The quantitative estimate of drug-likeness (QED) is 0.441. The van der Waals surface area contributed by atoms with Gasteiger partial charge in [0.2, 0.25) is 0 Å². The number of aromatic nitrogens is 4. The molecule has 38 heavy (non-hydrogen) atoms. The third-order valence-corrected chi connectivity index (χ3v) is 6.75. The van der Waals surface area contributed by atoms with E-state index in [0.717, 1.165) is 16.6 Å². The lowest BCUT2D eigenvalue weighted by atomic mass is 10.0. The van der Waals surface area contributed by atoms with Crippen molar-refractivity contribution >= 4 is 28.4 Å². The summed E-state index contributed by atoms with van der Waals surface area (Å²) in [6.07, 6.45) is 4.65. The molecule has 0 radical (unpaired) electrons. The molecule has 2 amide bonds. The monoisotopic (exact) mass is 516 g/mol. The lowest BCUT2D eigenvalue weighted by Gasteiger charge is -2.34. The smallest absolute Gasteiger partial charge is 0.410 e. The molecule has 5 rings (SSSR count). The first-order valence-corrected chi connectivity index (χ1v) is 12.8. The summed E-state index contributed by atoms with van der Waals surface area (Å²) in [7, 11) is 1.58. The number of aryl methyl sites for hydroxylation is 1. The molecule has 0 atom stereocenters. The predicted molar refractivity (Wildman–Crippen MR) is 144 cm³/mol. The SMILES string of the molecule is CNC(=O)c1cc(-c2ccc3c(=O)n(C4CCN(C(=O)OC(C)(C)C)CC4)ccc3c2)nn2cc(C)nc12. The van der Waals surface area contributed by atoms with Gasteiger partial charge >= 0.3 is 6.09 Å². The Balaban J connectivity index is 1.42. The van der Waals surface area contributed by atoms with Crippen LogP contribution < -0.4 is 10.9 Å². The van der Waals surface area contributed by atoms with Crippen LogP contribution in [0.3, 0.4) is 0 Å². The number of amides is 2. The Morgan fingerprint density at radius 3 is 2.53 bits per heavy atom. The van der Waals surface area contributed by atoms with Gasteiger partial charge in [-0.15, -0.1) is 0 Å². The maximum absolute atomic E-state index is 13.4. The Bertz CT molecular complexity index is 1610. The van der Waals surface area contributed by atoms with E-state index in [-0.39, 0.29) is 23.6 Å². The molecule has 10 nitrogen and oxygen atoms in total. The molecule has 1 aliphatic heterocycles. The van der Waals surface area contributed by atoms with Crippen LogP contribution in [0, 0.1) is 6.92 Å². The van der Waals surface area contributed by atoms with E-state index < -0.39 is 5.60 Å². The van der Waals surface area contributed by atoms with Gasteiger partial charge in [0.25, 0.3) is 11.5 Å². The predicted octanol–water partition coefficient (Wildman–Crippen LogP) is 3.95. The van der Waals surface area contributed by atoms with Gasteiger partial charge in [0.15, 0.2) is 5.65 Å². The normalized spacial score (nSPS) is 14.7. The summed E-state index contributed by atoms with van der Waals surface area (Å²) in [5.74, 6) is -0.245. The number of rotatable bonds is 3. The van der Waals surface area contributed by atoms with Crippen LogP contribution in [-0.2, 0) is 4.74 Å². The molecule has 4 heterocycles. The Kier molecular flexibility index (Phi) is 6.42. The molecule has 0 unspecified atom stereocenters. The highest BCUT2D eigenvalue weighted by Crippen LogP contribution is 2.27. The number of hydrogen-bond donors (Lipinski definition) is 1. The molecule has 0 spiro atoms. The highest BCUT2D eigenvalue weighted by molar-refractivity contribution is 6.00. The van der Waals surface area contributed by atoms with E-state index in [2.05, 4.69) is 15.4 Å². The Hall–Kier alpha value is -4.21. The van der Waals surface area contributed by atoms with Crippen molar-refractivity contribution in [2.45, 2.75) is 52.2 Å². The Labute approximate surface area is 220 Å². The molecule has 10 heteroatoms. The van der Waals surface area contributed by atoms with Crippen LogP contribution in [0.5, 0.6) is 0 Å². The zero-order chi connectivity index (χ0) is 27.2. The van der Waals surface area contributed by atoms with Crippen molar-refractivity contribution < 1.29 is 14.3 Å². The van der Waals surface area contributed by atoms with Gasteiger partial charge in [0, 0.05) is 43.3 Å². The molecule has 3 aromatic heterocycles. The summed E-state index contributed by atoms with van der Waals surface area (Å²) in [6.45, 7) is 8.49. The van der Waals surface area contributed by atoms with E-state index in [0.29, 0.717) is 48.2 Å². The largest absolute Gasteiger partial charge is 0.444 e. The number of hydrogen-bond acceptors (Lipinski definition) is 6. The van der Waals surface area contributed by atoms with Crippen LogP contribution in [0.25, 0.3) is 27.7 Å². The van der Waals surface area contributed by atoms with Gasteiger partial charge in [0.1, 0.15) is 5.60 Å². The van der Waals surface area contributed by atoms with Gasteiger partial charge in [-0.1, -0.05) is 6.07 Å². The zero-order valence-electron chi connectivity index (χ0n) is 22.3. The second-order valence-electron chi connectivity index (χ2n) is 10.7. The molecule has 1 aliphatic rings. The third kappa shape index (κ3) is 4.85. The lowest BCUT2D eigenvalue weighted by Crippen LogP contribution is -2.43. The fraction of sp³-hybridized carbons (Fsp3) is 0.393. The van der Waals surface area contributed by atoms with E-state index >= 15 is 0 Å². The molecule has 0 saturated carbocycles. The first-order chi connectivity index (χ1) is 18.0. The van der Waals surface area contributed by atoms with Crippen LogP contribution >= 0.6 is 0 Å². The van der Waals surface area contributed by atoms with E-state index in [9.17, 15) is 14.4 Å². The van der Waals surface area contributed by atoms with Gasteiger partial charge in [-0.05, 0) is 70.2 Å². The molecule has 1 fully saturated rings. The number of nitrogens with zero attached hydrogens (tertiary/aromatic N) is 5. The summed E-state index contributed by atoms with van der Waals surface area (Å²) >= 11 is 0. The first-order valence-electron chi connectivity index (χ1n) is 12.8. The van der Waals surface area contributed by atoms with Crippen molar-refractivity contribution in [3.8, 4) is 11.3 Å². The number of benzene rings is 1. The molecule has 1 saturated heterocycles. The molecule has 4 aromatic rings. The van der Waals surface area contributed by atoms with Crippen molar-refractivity contribution in [1.82, 2.24) is 29.4 Å². The van der Waals surface area contributed by atoms with Crippen molar-refractivity contribution in [2.24, 2.45) is 0 Å². The zero-order valence-corrected chi connectivity index (χ0v) is 22.3. The van der Waals surface area contributed by atoms with E-state index in [1.165, 1.54) is 0 Å². The van der Waals surface area contributed by atoms with Crippen LogP contribution in [0.15, 0.2) is 47.5 Å². The first kappa shape index (κ1) is 25.4. The van der Waals surface area contributed by atoms with Gasteiger partial charge in [-0.25, -0.2) is 14.3 Å². The number of imidazole rings is 1. The van der Waals surface area contributed by atoms with Gasteiger partial charge in [-0.2, -0.15) is 5.10 Å². The summed E-state index contributed by atoms with van der Waals surface area (Å²) in [4.78, 5) is 44.5. The van der Waals surface area contributed by atoms with Crippen molar-refractivity contribution in [1.29, 1.82) is 0 Å². The topological polar surface area (TPSA) is 111 Å². The molecular formula is C28H32N6O4. The van der Waals surface area contributed by atoms with Crippen LogP contribution in [0.1, 0.15) is 55.7 Å². The highest BCUT2D eigenvalue weighted by Gasteiger charge is 2.28. The van der Waals surface area contributed by atoms with Crippen LogP contribution in [0.2, 0.25) is 0 Å². The Morgan fingerprint density at radius 1 is 1.11 bits per heavy atom. The summed E-state index contributed by atoms with van der Waals surface area (Å²) in [5.41, 5.74) is 2.48. The maximum Gasteiger partial charge on any atom is 0.410 e. The molecule has 1 aromatic carbocycles. The lowest BCUT2D eigenvalue weighted by molar-refractivity contribution is 0.0187. The average molecular weight is 517 g/mol. The molecule has 198 valence electrons. The minimum absolute atomic E-state index is 0.00827. The number of carbonyl (C=O) groups is 2. The summed E-state index contributed by atoms with van der Waals surface area (Å²) in [6, 6.07) is 9.24. The van der Waals surface area contributed by atoms with E-state index in [4.69, 9.17) is 4.74 Å². The minimum Gasteiger partial charge on any atom is -0.444 e. The average Bonchev–Trinajstić information content (AvgIpc) is 3.27. The molecule has 0 bridgehead atoms. The fourth-order valence-electron chi connectivity index (χ4n) is 4.90. The third-order valence-electron chi connectivity index (χ3n) is 6.75. The second kappa shape index (κ2) is 9.59. The van der Waals surface area contributed by atoms with Crippen molar-refractivity contribution in [3.63, 3.8) is 0 Å². The van der Waals surface area contributed by atoms with Gasteiger partial charge < -0.3 is 19.5 Å². The standard InChI is InChI=1S/C28H32N6O4/c1-17-16-34-24(30-17)22(25(35)29-5)15-23(31-34)19-6-7-21-18(14-19)8-13-33(26(21)36)20-9-11-32(12-10-20)27(37)38-28(2,3)4/h6-8,13-16,20H,9-12H2,1-5H3,(H,29,35). The fourth-order valence-corrected chi connectivity index (χ4v) is 4.90. The summed E-state index contributed by atoms with van der Waals surface area (Å²) < 4.78 is 8.87.